The molecule has 0 aliphatic heterocycles. The van der Waals surface area contributed by atoms with E-state index in [4.69, 9.17) is 14.6 Å². The van der Waals surface area contributed by atoms with E-state index in [-0.39, 0.29) is 24.3 Å². The standard InChI is InChI=1S/C10H15NO4/c1-6(5-12)7(2)11-9-4-3-8(15-9)10(13)14/h3-4,6-7,11-12H,5H2,1-2H3,(H,13,14). The Morgan fingerprint density at radius 3 is 2.67 bits per heavy atom. The number of carboxylic acids is 1. The smallest absolute Gasteiger partial charge is 0.371 e. The van der Waals surface area contributed by atoms with Crippen LogP contribution in [0.4, 0.5) is 5.88 Å². The van der Waals surface area contributed by atoms with Gasteiger partial charge in [0.15, 0.2) is 5.88 Å². The normalized spacial score (nSPS) is 14.6. The second-order valence-electron chi connectivity index (χ2n) is 3.56. The SMILES string of the molecule is CC(CO)C(C)Nc1ccc(C(=O)O)o1. The minimum Gasteiger partial charge on any atom is -0.475 e. The molecule has 0 spiro atoms. The van der Waals surface area contributed by atoms with E-state index >= 15 is 0 Å². The molecule has 0 fully saturated rings. The van der Waals surface area contributed by atoms with Gasteiger partial charge in [-0.1, -0.05) is 6.92 Å². The highest BCUT2D eigenvalue weighted by atomic mass is 16.4. The predicted molar refractivity (Wildman–Crippen MR) is 55.0 cm³/mol. The van der Waals surface area contributed by atoms with Crippen LogP contribution in [0.15, 0.2) is 16.5 Å². The van der Waals surface area contributed by atoms with E-state index in [9.17, 15) is 4.79 Å². The fraction of sp³-hybridized carbons (Fsp3) is 0.500. The zero-order valence-electron chi connectivity index (χ0n) is 8.73. The fourth-order valence-electron chi connectivity index (χ4n) is 1.06. The third kappa shape index (κ3) is 2.99. The first kappa shape index (κ1) is 11.6. The van der Waals surface area contributed by atoms with Gasteiger partial charge in [-0.2, -0.15) is 0 Å². The fourth-order valence-corrected chi connectivity index (χ4v) is 1.06. The summed E-state index contributed by atoms with van der Waals surface area (Å²) in [5, 5.41) is 20.5. The molecule has 0 bridgehead atoms. The summed E-state index contributed by atoms with van der Waals surface area (Å²) in [5.41, 5.74) is 0. The first-order chi connectivity index (χ1) is 7.04. The maximum absolute atomic E-state index is 10.5. The van der Waals surface area contributed by atoms with Gasteiger partial charge in [0.2, 0.25) is 5.76 Å². The molecule has 5 heteroatoms. The molecule has 3 N–H and O–H groups in total. The summed E-state index contributed by atoms with van der Waals surface area (Å²) in [4.78, 5) is 10.5. The Morgan fingerprint density at radius 2 is 2.20 bits per heavy atom. The Labute approximate surface area is 87.7 Å². The highest BCUT2D eigenvalue weighted by Crippen LogP contribution is 2.16. The third-order valence-corrected chi connectivity index (χ3v) is 2.33. The lowest BCUT2D eigenvalue weighted by atomic mass is 10.1. The summed E-state index contributed by atoms with van der Waals surface area (Å²) >= 11 is 0. The lowest BCUT2D eigenvalue weighted by Crippen LogP contribution is -2.25. The zero-order chi connectivity index (χ0) is 11.4. The molecule has 0 aromatic carbocycles. The van der Waals surface area contributed by atoms with E-state index in [1.54, 1.807) is 6.07 Å². The highest BCUT2D eigenvalue weighted by molar-refractivity contribution is 5.84. The molecule has 0 amide bonds. The van der Waals surface area contributed by atoms with Crippen molar-refractivity contribution in [1.29, 1.82) is 0 Å². The molecular weight excluding hydrogens is 198 g/mol. The number of aliphatic hydroxyl groups is 1. The van der Waals surface area contributed by atoms with Crippen LogP contribution < -0.4 is 5.32 Å². The quantitative estimate of drug-likeness (QED) is 0.688. The summed E-state index contributed by atoms with van der Waals surface area (Å²) in [6, 6.07) is 2.97. The second kappa shape index (κ2) is 4.84. The molecule has 0 aliphatic rings. The molecule has 1 aromatic heterocycles. The molecule has 0 aliphatic carbocycles. The Morgan fingerprint density at radius 1 is 1.53 bits per heavy atom. The van der Waals surface area contributed by atoms with E-state index in [1.165, 1.54) is 6.07 Å². The average molecular weight is 213 g/mol. The monoisotopic (exact) mass is 213 g/mol. The predicted octanol–water partition coefficient (Wildman–Crippen LogP) is 1.41. The van der Waals surface area contributed by atoms with Crippen molar-refractivity contribution < 1.29 is 19.4 Å². The first-order valence-electron chi connectivity index (χ1n) is 4.75. The van der Waals surface area contributed by atoms with Crippen molar-refractivity contribution in [1.82, 2.24) is 0 Å². The van der Waals surface area contributed by atoms with Gasteiger partial charge < -0.3 is 19.9 Å². The second-order valence-corrected chi connectivity index (χ2v) is 3.56. The first-order valence-corrected chi connectivity index (χ1v) is 4.75. The van der Waals surface area contributed by atoms with Gasteiger partial charge in [-0.15, -0.1) is 0 Å². The molecular formula is C10H15NO4. The number of hydrogen-bond donors (Lipinski definition) is 3. The van der Waals surface area contributed by atoms with Crippen LogP contribution >= 0.6 is 0 Å². The summed E-state index contributed by atoms with van der Waals surface area (Å²) in [7, 11) is 0. The molecule has 15 heavy (non-hydrogen) atoms. The molecule has 5 nitrogen and oxygen atoms in total. The van der Waals surface area contributed by atoms with Gasteiger partial charge in [-0.25, -0.2) is 4.79 Å². The van der Waals surface area contributed by atoms with Gasteiger partial charge in [-0.05, 0) is 18.9 Å². The van der Waals surface area contributed by atoms with Crippen LogP contribution in [0.1, 0.15) is 24.4 Å². The molecule has 84 valence electrons. The van der Waals surface area contributed by atoms with Gasteiger partial charge in [0.25, 0.3) is 0 Å². The van der Waals surface area contributed by atoms with Crippen molar-refractivity contribution in [3.63, 3.8) is 0 Å². The number of anilines is 1. The summed E-state index contributed by atoms with van der Waals surface area (Å²) in [5.74, 6) is -0.712. The van der Waals surface area contributed by atoms with Crippen LogP contribution in [-0.2, 0) is 0 Å². The number of rotatable bonds is 5. The van der Waals surface area contributed by atoms with Crippen molar-refractivity contribution in [2.45, 2.75) is 19.9 Å². The Hall–Kier alpha value is -1.49. The Bertz CT molecular complexity index is 334. The van der Waals surface area contributed by atoms with Crippen molar-refractivity contribution in [3.05, 3.63) is 17.9 Å². The maximum atomic E-state index is 10.5. The lowest BCUT2D eigenvalue weighted by Gasteiger charge is -2.18. The maximum Gasteiger partial charge on any atom is 0.371 e. The summed E-state index contributed by atoms with van der Waals surface area (Å²) in [6.45, 7) is 3.85. The highest BCUT2D eigenvalue weighted by Gasteiger charge is 2.14. The summed E-state index contributed by atoms with van der Waals surface area (Å²) < 4.78 is 5.02. The largest absolute Gasteiger partial charge is 0.475 e. The molecule has 0 saturated carbocycles. The molecule has 2 unspecified atom stereocenters. The van der Waals surface area contributed by atoms with Gasteiger partial charge in [0.1, 0.15) is 0 Å². The van der Waals surface area contributed by atoms with E-state index in [0.717, 1.165) is 0 Å². The van der Waals surface area contributed by atoms with Crippen LogP contribution in [0.25, 0.3) is 0 Å². The van der Waals surface area contributed by atoms with Gasteiger partial charge in [0.05, 0.1) is 0 Å². The minimum atomic E-state index is -1.09. The number of furan rings is 1. The number of aliphatic hydroxyl groups excluding tert-OH is 1. The Balaban J connectivity index is 2.61. The van der Waals surface area contributed by atoms with Crippen LogP contribution in [0.3, 0.4) is 0 Å². The molecule has 0 saturated heterocycles. The van der Waals surface area contributed by atoms with Crippen LogP contribution in [0.2, 0.25) is 0 Å². The molecule has 1 heterocycles. The lowest BCUT2D eigenvalue weighted by molar-refractivity contribution is 0.0663. The third-order valence-electron chi connectivity index (χ3n) is 2.33. The topological polar surface area (TPSA) is 82.7 Å². The van der Waals surface area contributed by atoms with E-state index in [1.807, 2.05) is 13.8 Å². The number of carboxylic acid groups (broad SMARTS) is 1. The number of hydrogen-bond acceptors (Lipinski definition) is 4. The Kier molecular flexibility index (Phi) is 3.74. The van der Waals surface area contributed by atoms with Crippen LogP contribution in [0.5, 0.6) is 0 Å². The summed E-state index contributed by atoms with van der Waals surface area (Å²) in [6.07, 6.45) is 0. The van der Waals surface area contributed by atoms with Gasteiger partial charge in [-0.3, -0.25) is 0 Å². The molecule has 1 rings (SSSR count). The average Bonchev–Trinajstić information content (AvgIpc) is 2.65. The van der Waals surface area contributed by atoms with Crippen LogP contribution in [-0.4, -0.2) is 28.8 Å². The van der Waals surface area contributed by atoms with E-state index < -0.39 is 5.97 Å². The van der Waals surface area contributed by atoms with Crippen molar-refractivity contribution >= 4 is 11.9 Å². The van der Waals surface area contributed by atoms with Crippen molar-refractivity contribution in [2.75, 3.05) is 11.9 Å². The van der Waals surface area contributed by atoms with Crippen molar-refractivity contribution in [3.8, 4) is 0 Å². The van der Waals surface area contributed by atoms with E-state index in [0.29, 0.717) is 5.88 Å². The van der Waals surface area contributed by atoms with Gasteiger partial charge >= 0.3 is 5.97 Å². The molecule has 0 radical (unpaired) electrons. The minimum absolute atomic E-state index is 0.0165. The number of carbonyl (C=O) groups is 1. The zero-order valence-corrected chi connectivity index (χ0v) is 8.73. The number of aromatic carboxylic acids is 1. The number of nitrogens with one attached hydrogen (secondary N) is 1. The van der Waals surface area contributed by atoms with E-state index in [2.05, 4.69) is 5.32 Å². The molecule has 2 atom stereocenters. The van der Waals surface area contributed by atoms with Crippen molar-refractivity contribution in [2.24, 2.45) is 5.92 Å². The van der Waals surface area contributed by atoms with Crippen LogP contribution in [0, 0.1) is 5.92 Å². The van der Waals surface area contributed by atoms with Gasteiger partial charge in [0, 0.05) is 18.7 Å². The molecule has 1 aromatic rings.